The molecule has 1 aromatic heterocycles. The first-order valence-electron chi connectivity index (χ1n) is 6.90. The highest BCUT2D eigenvalue weighted by atomic mass is 16.5. The molecular formula is C14H27N3O. The molecule has 4 heteroatoms. The van der Waals surface area contributed by atoms with Crippen molar-refractivity contribution in [2.75, 3.05) is 13.6 Å². The van der Waals surface area contributed by atoms with Crippen LogP contribution in [-0.4, -0.2) is 29.7 Å². The second-order valence-electron chi connectivity index (χ2n) is 5.36. The van der Waals surface area contributed by atoms with Crippen molar-refractivity contribution in [3.05, 3.63) is 17.5 Å². The molecule has 0 spiro atoms. The van der Waals surface area contributed by atoms with Gasteiger partial charge in [-0.1, -0.05) is 25.9 Å². The SMILES string of the molecule is CCCNCc1cc(CN(C)C(C)C(C)C)on1. The fourth-order valence-corrected chi connectivity index (χ4v) is 1.81. The van der Waals surface area contributed by atoms with Crippen molar-refractivity contribution >= 4 is 0 Å². The Morgan fingerprint density at radius 3 is 2.72 bits per heavy atom. The predicted molar refractivity (Wildman–Crippen MR) is 74.3 cm³/mol. The number of nitrogens with zero attached hydrogens (tertiary/aromatic N) is 2. The lowest BCUT2D eigenvalue weighted by Gasteiger charge is -2.26. The highest BCUT2D eigenvalue weighted by Gasteiger charge is 2.15. The molecule has 4 nitrogen and oxygen atoms in total. The molecule has 0 aliphatic carbocycles. The molecule has 1 aromatic rings. The minimum absolute atomic E-state index is 0.539. The zero-order chi connectivity index (χ0) is 13.5. The van der Waals surface area contributed by atoms with E-state index in [9.17, 15) is 0 Å². The summed E-state index contributed by atoms with van der Waals surface area (Å²) in [6, 6.07) is 2.59. The molecule has 0 radical (unpaired) electrons. The number of hydrogen-bond donors (Lipinski definition) is 1. The van der Waals surface area contributed by atoms with Crippen molar-refractivity contribution in [2.24, 2.45) is 5.92 Å². The van der Waals surface area contributed by atoms with Crippen LogP contribution >= 0.6 is 0 Å². The Kier molecular flexibility index (Phi) is 6.36. The summed E-state index contributed by atoms with van der Waals surface area (Å²) in [6.45, 7) is 11.5. The largest absolute Gasteiger partial charge is 0.360 e. The van der Waals surface area contributed by atoms with Crippen molar-refractivity contribution in [2.45, 2.75) is 53.2 Å². The molecular weight excluding hydrogens is 226 g/mol. The Hall–Kier alpha value is -0.870. The summed E-state index contributed by atoms with van der Waals surface area (Å²) < 4.78 is 5.36. The van der Waals surface area contributed by atoms with E-state index in [-0.39, 0.29) is 0 Å². The second kappa shape index (κ2) is 7.54. The topological polar surface area (TPSA) is 41.3 Å². The Bertz CT molecular complexity index is 336. The van der Waals surface area contributed by atoms with E-state index in [0.29, 0.717) is 12.0 Å². The first-order valence-corrected chi connectivity index (χ1v) is 6.90. The predicted octanol–water partition coefficient (Wildman–Crippen LogP) is 2.65. The third kappa shape index (κ3) is 4.78. The van der Waals surface area contributed by atoms with Gasteiger partial charge in [-0.25, -0.2) is 0 Å². The van der Waals surface area contributed by atoms with Gasteiger partial charge in [0.2, 0.25) is 0 Å². The maximum Gasteiger partial charge on any atom is 0.151 e. The molecule has 0 saturated heterocycles. The lowest BCUT2D eigenvalue weighted by atomic mass is 10.1. The molecule has 1 N–H and O–H groups in total. The smallest absolute Gasteiger partial charge is 0.151 e. The molecule has 0 saturated carbocycles. The minimum Gasteiger partial charge on any atom is -0.360 e. The summed E-state index contributed by atoms with van der Waals surface area (Å²) >= 11 is 0. The van der Waals surface area contributed by atoms with Crippen LogP contribution in [0.5, 0.6) is 0 Å². The van der Waals surface area contributed by atoms with E-state index in [1.165, 1.54) is 0 Å². The van der Waals surface area contributed by atoms with Crippen LogP contribution in [0.1, 0.15) is 45.6 Å². The fourth-order valence-electron chi connectivity index (χ4n) is 1.81. The van der Waals surface area contributed by atoms with E-state index in [4.69, 9.17) is 4.52 Å². The van der Waals surface area contributed by atoms with E-state index in [2.05, 4.69) is 50.1 Å². The van der Waals surface area contributed by atoms with Gasteiger partial charge in [0, 0.05) is 18.7 Å². The summed E-state index contributed by atoms with van der Waals surface area (Å²) in [7, 11) is 2.13. The van der Waals surface area contributed by atoms with Gasteiger partial charge in [-0.15, -0.1) is 0 Å². The van der Waals surface area contributed by atoms with Crippen LogP contribution in [0.3, 0.4) is 0 Å². The standard InChI is InChI=1S/C14H27N3O/c1-6-7-15-9-13-8-14(18-16-13)10-17(5)12(4)11(2)3/h8,11-12,15H,6-7,9-10H2,1-5H3. The van der Waals surface area contributed by atoms with Gasteiger partial charge in [0.1, 0.15) is 0 Å². The van der Waals surface area contributed by atoms with Crippen LogP contribution in [0, 0.1) is 5.92 Å². The first-order chi connectivity index (χ1) is 8.54. The summed E-state index contributed by atoms with van der Waals surface area (Å²) in [6.07, 6.45) is 1.14. The molecule has 0 aliphatic heterocycles. The molecule has 18 heavy (non-hydrogen) atoms. The Balaban J connectivity index is 2.43. The van der Waals surface area contributed by atoms with Crippen LogP contribution in [0.2, 0.25) is 0 Å². The second-order valence-corrected chi connectivity index (χ2v) is 5.36. The fraction of sp³-hybridized carbons (Fsp3) is 0.786. The molecule has 0 amide bonds. The van der Waals surface area contributed by atoms with Crippen molar-refractivity contribution in [3.8, 4) is 0 Å². The molecule has 0 aliphatic rings. The van der Waals surface area contributed by atoms with Crippen LogP contribution in [-0.2, 0) is 13.1 Å². The van der Waals surface area contributed by atoms with E-state index >= 15 is 0 Å². The van der Waals surface area contributed by atoms with Crippen LogP contribution in [0.4, 0.5) is 0 Å². The van der Waals surface area contributed by atoms with Gasteiger partial charge in [0.15, 0.2) is 5.76 Å². The number of rotatable bonds is 8. The lowest BCUT2D eigenvalue weighted by molar-refractivity contribution is 0.180. The molecule has 0 bridgehead atoms. The molecule has 1 unspecified atom stereocenters. The van der Waals surface area contributed by atoms with Crippen molar-refractivity contribution in [3.63, 3.8) is 0 Å². The first kappa shape index (κ1) is 15.2. The molecule has 104 valence electrons. The van der Waals surface area contributed by atoms with Crippen LogP contribution in [0.15, 0.2) is 10.6 Å². The maximum atomic E-state index is 5.36. The normalized spacial score (nSPS) is 13.5. The summed E-state index contributed by atoms with van der Waals surface area (Å²) in [5, 5.41) is 7.40. The maximum absolute atomic E-state index is 5.36. The Morgan fingerprint density at radius 2 is 2.11 bits per heavy atom. The monoisotopic (exact) mass is 253 g/mol. The zero-order valence-electron chi connectivity index (χ0n) is 12.4. The summed E-state index contributed by atoms with van der Waals surface area (Å²) in [5.74, 6) is 1.59. The molecule has 0 fully saturated rings. The average Bonchev–Trinajstić information content (AvgIpc) is 2.76. The van der Waals surface area contributed by atoms with Crippen molar-refractivity contribution in [1.82, 2.24) is 15.4 Å². The number of hydrogen-bond acceptors (Lipinski definition) is 4. The van der Waals surface area contributed by atoms with Gasteiger partial charge in [-0.05, 0) is 32.9 Å². The average molecular weight is 253 g/mol. The quantitative estimate of drug-likeness (QED) is 0.723. The van der Waals surface area contributed by atoms with E-state index in [1.807, 2.05) is 6.07 Å². The van der Waals surface area contributed by atoms with E-state index in [1.54, 1.807) is 0 Å². The van der Waals surface area contributed by atoms with Crippen molar-refractivity contribution in [1.29, 1.82) is 0 Å². The third-order valence-corrected chi connectivity index (χ3v) is 3.41. The van der Waals surface area contributed by atoms with E-state index < -0.39 is 0 Å². The molecule has 0 aromatic carbocycles. The number of nitrogens with one attached hydrogen (secondary N) is 1. The third-order valence-electron chi connectivity index (χ3n) is 3.41. The lowest BCUT2D eigenvalue weighted by Crippen LogP contribution is -2.32. The van der Waals surface area contributed by atoms with Crippen LogP contribution in [0.25, 0.3) is 0 Å². The van der Waals surface area contributed by atoms with Gasteiger partial charge in [-0.2, -0.15) is 0 Å². The van der Waals surface area contributed by atoms with E-state index in [0.717, 1.165) is 37.5 Å². The zero-order valence-corrected chi connectivity index (χ0v) is 12.4. The van der Waals surface area contributed by atoms with Gasteiger partial charge in [0.25, 0.3) is 0 Å². The van der Waals surface area contributed by atoms with Gasteiger partial charge in [-0.3, -0.25) is 4.90 Å². The highest BCUT2D eigenvalue weighted by molar-refractivity contribution is 5.05. The number of aromatic nitrogens is 1. The molecule has 1 atom stereocenters. The molecule has 1 heterocycles. The summed E-state index contributed by atoms with van der Waals surface area (Å²) in [4.78, 5) is 2.30. The summed E-state index contributed by atoms with van der Waals surface area (Å²) in [5.41, 5.74) is 0.990. The van der Waals surface area contributed by atoms with Gasteiger partial charge < -0.3 is 9.84 Å². The minimum atomic E-state index is 0.539. The highest BCUT2D eigenvalue weighted by Crippen LogP contribution is 2.13. The van der Waals surface area contributed by atoms with Gasteiger partial charge >= 0.3 is 0 Å². The van der Waals surface area contributed by atoms with Crippen molar-refractivity contribution < 1.29 is 4.52 Å². The molecule has 1 rings (SSSR count). The van der Waals surface area contributed by atoms with Gasteiger partial charge in [0.05, 0.1) is 12.2 Å². The van der Waals surface area contributed by atoms with Crippen LogP contribution < -0.4 is 5.32 Å². The Morgan fingerprint density at radius 1 is 1.39 bits per heavy atom. The Labute approximate surface area is 111 Å².